The molecule has 0 aliphatic carbocycles. The molecule has 0 aromatic heterocycles. The Morgan fingerprint density at radius 2 is 1.85 bits per heavy atom. The maximum atomic E-state index is 12.0. The van der Waals surface area contributed by atoms with E-state index >= 15 is 0 Å². The number of carbonyl (C=O) groups excluding carboxylic acids is 1. The molecule has 0 aliphatic rings. The average molecular weight is 286 g/mol. The number of ether oxygens (including phenoxy) is 1. The molecule has 1 aromatic carbocycles. The average Bonchev–Trinajstić information content (AvgIpc) is 2.35. The van der Waals surface area contributed by atoms with Crippen molar-refractivity contribution >= 4 is 5.91 Å². The van der Waals surface area contributed by atoms with E-state index < -0.39 is 12.7 Å². The van der Waals surface area contributed by atoms with Crippen LogP contribution in [0.5, 0.6) is 5.75 Å². The van der Waals surface area contributed by atoms with Gasteiger partial charge in [-0.05, 0) is 23.1 Å². The van der Waals surface area contributed by atoms with Gasteiger partial charge in [-0.3, -0.25) is 4.79 Å². The number of amides is 1. The van der Waals surface area contributed by atoms with Gasteiger partial charge in [0.2, 0.25) is 5.91 Å². The van der Waals surface area contributed by atoms with Crippen LogP contribution in [-0.4, -0.2) is 18.6 Å². The van der Waals surface area contributed by atoms with Gasteiger partial charge in [0.25, 0.3) is 0 Å². The van der Waals surface area contributed by atoms with E-state index in [9.17, 15) is 13.6 Å². The van der Waals surface area contributed by atoms with Crippen molar-refractivity contribution in [2.75, 3.05) is 0 Å². The van der Waals surface area contributed by atoms with E-state index in [0.29, 0.717) is 0 Å². The van der Waals surface area contributed by atoms with Gasteiger partial charge in [0, 0.05) is 6.54 Å². The van der Waals surface area contributed by atoms with Crippen molar-refractivity contribution in [3.8, 4) is 5.75 Å². The fourth-order valence-corrected chi connectivity index (χ4v) is 1.48. The first-order chi connectivity index (χ1) is 9.20. The predicted molar refractivity (Wildman–Crippen MR) is 72.4 cm³/mol. The molecule has 0 saturated heterocycles. The smallest absolute Gasteiger partial charge is 0.387 e. The van der Waals surface area contributed by atoms with Gasteiger partial charge in [0.1, 0.15) is 5.75 Å². The van der Waals surface area contributed by atoms with Crippen LogP contribution in [0.25, 0.3) is 0 Å². The van der Waals surface area contributed by atoms with Crippen LogP contribution in [0.3, 0.4) is 0 Å². The minimum atomic E-state index is -2.84. The molecule has 1 amide bonds. The number of carbonyl (C=O) groups is 1. The van der Waals surface area contributed by atoms with Gasteiger partial charge in [-0.2, -0.15) is 8.78 Å². The number of alkyl halides is 2. The van der Waals surface area contributed by atoms with Gasteiger partial charge >= 0.3 is 6.61 Å². The molecule has 20 heavy (non-hydrogen) atoms. The fraction of sp³-hybridized carbons (Fsp3) is 0.500. The summed E-state index contributed by atoms with van der Waals surface area (Å²) in [6, 6.07) is 5.47. The molecule has 4 nitrogen and oxygen atoms in total. The van der Waals surface area contributed by atoms with Crippen LogP contribution >= 0.6 is 0 Å². The quantitative estimate of drug-likeness (QED) is 0.872. The van der Waals surface area contributed by atoms with Crippen molar-refractivity contribution in [1.29, 1.82) is 0 Å². The van der Waals surface area contributed by atoms with Gasteiger partial charge in [0.05, 0.1) is 6.04 Å². The number of rotatable bonds is 5. The van der Waals surface area contributed by atoms with Crippen molar-refractivity contribution in [2.24, 2.45) is 11.1 Å². The summed E-state index contributed by atoms with van der Waals surface area (Å²) in [6.07, 6.45) is 0. The Hall–Kier alpha value is -1.69. The number of halogens is 2. The van der Waals surface area contributed by atoms with Gasteiger partial charge in [0.15, 0.2) is 0 Å². The molecule has 0 fully saturated rings. The zero-order chi connectivity index (χ0) is 15.3. The Balaban J connectivity index is 2.52. The zero-order valence-corrected chi connectivity index (χ0v) is 11.8. The summed E-state index contributed by atoms with van der Waals surface area (Å²) >= 11 is 0. The van der Waals surface area contributed by atoms with Crippen LogP contribution in [0.2, 0.25) is 0 Å². The number of hydrogen-bond donors (Lipinski definition) is 2. The summed E-state index contributed by atoms with van der Waals surface area (Å²) in [5.74, 6) is -0.160. The van der Waals surface area contributed by atoms with E-state index in [-0.39, 0.29) is 23.6 Å². The van der Waals surface area contributed by atoms with Gasteiger partial charge < -0.3 is 15.8 Å². The van der Waals surface area contributed by atoms with Gasteiger partial charge in [-0.1, -0.05) is 32.9 Å². The van der Waals surface area contributed by atoms with E-state index in [4.69, 9.17) is 5.73 Å². The minimum Gasteiger partial charge on any atom is -0.435 e. The molecule has 0 aliphatic heterocycles. The summed E-state index contributed by atoms with van der Waals surface area (Å²) in [5, 5.41) is 2.71. The maximum absolute atomic E-state index is 12.0. The lowest BCUT2D eigenvalue weighted by Gasteiger charge is -2.25. The van der Waals surface area contributed by atoms with Crippen LogP contribution in [0.15, 0.2) is 24.3 Å². The molecule has 0 bridgehead atoms. The molecule has 112 valence electrons. The summed E-state index contributed by atoms with van der Waals surface area (Å²) < 4.78 is 28.2. The second-order valence-corrected chi connectivity index (χ2v) is 5.58. The first kappa shape index (κ1) is 16.4. The van der Waals surface area contributed by atoms with E-state index in [1.54, 1.807) is 12.1 Å². The summed E-state index contributed by atoms with van der Waals surface area (Å²) in [6.45, 7) is 3.09. The third kappa shape index (κ3) is 5.13. The fourth-order valence-electron chi connectivity index (χ4n) is 1.48. The van der Waals surface area contributed by atoms with E-state index in [2.05, 4.69) is 10.1 Å². The number of hydrogen-bond acceptors (Lipinski definition) is 3. The van der Waals surface area contributed by atoms with E-state index in [1.165, 1.54) is 12.1 Å². The van der Waals surface area contributed by atoms with Crippen molar-refractivity contribution in [3.05, 3.63) is 29.8 Å². The second kappa shape index (κ2) is 6.65. The standard InChI is InChI=1S/C14H20F2N2O2/c1-14(2,3)11(17)12(19)18-8-9-4-6-10(7-5-9)20-13(15)16/h4-7,11,13H,8,17H2,1-3H3,(H,18,19)/t11-/m1/s1. The van der Waals surface area contributed by atoms with Crippen molar-refractivity contribution in [3.63, 3.8) is 0 Å². The first-order valence-electron chi connectivity index (χ1n) is 6.27. The van der Waals surface area contributed by atoms with Crippen LogP contribution in [0.4, 0.5) is 8.78 Å². The monoisotopic (exact) mass is 286 g/mol. The van der Waals surface area contributed by atoms with E-state index in [0.717, 1.165) is 5.56 Å². The van der Waals surface area contributed by atoms with Crippen LogP contribution in [-0.2, 0) is 11.3 Å². The highest BCUT2D eigenvalue weighted by molar-refractivity contribution is 5.82. The second-order valence-electron chi connectivity index (χ2n) is 5.58. The topological polar surface area (TPSA) is 64.4 Å². The predicted octanol–water partition coefficient (Wildman–Crippen LogP) is 2.28. The lowest BCUT2D eigenvalue weighted by atomic mass is 9.87. The van der Waals surface area contributed by atoms with Crippen molar-refractivity contribution in [2.45, 2.75) is 40.0 Å². The summed E-state index contributed by atoms with van der Waals surface area (Å²) in [4.78, 5) is 11.8. The minimum absolute atomic E-state index is 0.0847. The third-order valence-electron chi connectivity index (χ3n) is 2.83. The third-order valence-corrected chi connectivity index (χ3v) is 2.83. The molecule has 1 aromatic rings. The Morgan fingerprint density at radius 3 is 2.30 bits per heavy atom. The van der Waals surface area contributed by atoms with E-state index in [1.807, 2.05) is 20.8 Å². The van der Waals surface area contributed by atoms with Gasteiger partial charge in [-0.15, -0.1) is 0 Å². The molecule has 0 saturated carbocycles. The Morgan fingerprint density at radius 1 is 1.30 bits per heavy atom. The van der Waals surface area contributed by atoms with Crippen molar-refractivity contribution < 1.29 is 18.3 Å². The Bertz CT molecular complexity index is 441. The molecule has 0 spiro atoms. The number of nitrogens with one attached hydrogen (secondary N) is 1. The molecular weight excluding hydrogens is 266 g/mol. The molecule has 0 unspecified atom stereocenters. The molecule has 0 radical (unpaired) electrons. The largest absolute Gasteiger partial charge is 0.435 e. The normalized spacial score (nSPS) is 13.2. The molecule has 1 atom stereocenters. The van der Waals surface area contributed by atoms with Crippen LogP contribution in [0, 0.1) is 5.41 Å². The summed E-state index contributed by atoms with van der Waals surface area (Å²) in [5.41, 5.74) is 6.28. The Kier molecular flexibility index (Phi) is 5.44. The number of benzene rings is 1. The van der Waals surface area contributed by atoms with Gasteiger partial charge in [-0.25, -0.2) is 0 Å². The highest BCUT2D eigenvalue weighted by atomic mass is 19.3. The molecule has 1 rings (SSSR count). The lowest BCUT2D eigenvalue weighted by molar-refractivity contribution is -0.124. The van der Waals surface area contributed by atoms with Crippen LogP contribution < -0.4 is 15.8 Å². The zero-order valence-electron chi connectivity index (χ0n) is 11.8. The first-order valence-corrected chi connectivity index (χ1v) is 6.27. The highest BCUT2D eigenvalue weighted by Gasteiger charge is 2.26. The number of nitrogens with two attached hydrogens (primary N) is 1. The highest BCUT2D eigenvalue weighted by Crippen LogP contribution is 2.18. The summed E-state index contributed by atoms with van der Waals surface area (Å²) in [7, 11) is 0. The molecule has 6 heteroatoms. The maximum Gasteiger partial charge on any atom is 0.387 e. The molecule has 3 N–H and O–H groups in total. The SMILES string of the molecule is CC(C)(C)[C@H](N)C(=O)NCc1ccc(OC(F)F)cc1. The molecular formula is C14H20F2N2O2. The van der Waals surface area contributed by atoms with Crippen molar-refractivity contribution in [1.82, 2.24) is 5.32 Å². The van der Waals surface area contributed by atoms with Crippen LogP contribution in [0.1, 0.15) is 26.3 Å². The lowest BCUT2D eigenvalue weighted by Crippen LogP contribution is -2.48. The Labute approximate surface area is 117 Å². The molecule has 0 heterocycles.